The van der Waals surface area contributed by atoms with Crippen LogP contribution in [-0.2, 0) is 115 Å². The van der Waals surface area contributed by atoms with E-state index in [4.69, 9.17) is 64.8 Å². The van der Waals surface area contributed by atoms with E-state index in [1.165, 1.54) is 5.56 Å². The fourth-order valence-corrected chi connectivity index (χ4v) is 67.3. The number of ether oxygens (including phenoxy) is 6. The molecule has 0 saturated carbocycles. The molecule has 26 nitrogen and oxygen atoms in total. The van der Waals surface area contributed by atoms with E-state index >= 15 is 0 Å². The molecule has 0 bridgehead atoms. The zero-order valence-electron chi connectivity index (χ0n) is 70.9. The summed E-state index contributed by atoms with van der Waals surface area (Å²) in [5.41, 5.74) is -6.19. The Morgan fingerprint density at radius 3 is 1.07 bits per heavy atom. The van der Waals surface area contributed by atoms with Gasteiger partial charge in [0.15, 0.2) is 33.5 Å². The fraction of sp³-hybridized carbons (Fsp3) is 0.857. The van der Waals surface area contributed by atoms with Gasteiger partial charge in [-0.25, -0.2) is 16.8 Å². The summed E-state index contributed by atoms with van der Waals surface area (Å²) in [7, 11) is -31.0. The average Bonchev–Trinajstić information content (AvgIpc) is 0.800. The lowest BCUT2D eigenvalue weighted by atomic mass is 9.91. The van der Waals surface area contributed by atoms with Gasteiger partial charge in [-0.05, 0) is 224 Å². The summed E-state index contributed by atoms with van der Waals surface area (Å²) >= 11 is 0. The van der Waals surface area contributed by atoms with Crippen molar-refractivity contribution in [2.75, 3.05) is 81.3 Å². The van der Waals surface area contributed by atoms with Crippen LogP contribution in [0, 0.1) is 16.2 Å². The summed E-state index contributed by atoms with van der Waals surface area (Å²) in [5, 5.41) is 0. The molecule has 0 radical (unpaired) electrons. The molecular formula is C63H141F3N2O24S2Si11. The molecule has 0 heterocycles. The molecule has 0 fully saturated rings. The smallest absolute Gasteiger partial charge is 0.465 e. The number of nitrogens with zero attached hydrogens (tertiary/aromatic N) is 2. The number of hydrogen-bond donors (Lipinski definition) is 0. The molecule has 0 aliphatic rings. The van der Waals surface area contributed by atoms with Crippen molar-refractivity contribution in [2.24, 2.45) is 16.2 Å². The molecular weight excluding hydrogens is 1600 g/mol. The zero-order chi connectivity index (χ0) is 83.5. The third-order valence-electron chi connectivity index (χ3n) is 14.1. The molecule has 0 aromatic heterocycles. The van der Waals surface area contributed by atoms with Crippen LogP contribution in [-0.4, -0.2) is 220 Å². The van der Waals surface area contributed by atoms with Gasteiger partial charge in [0.25, 0.3) is 0 Å². The Morgan fingerprint density at radius 1 is 0.429 bits per heavy atom. The molecule has 624 valence electrons. The van der Waals surface area contributed by atoms with E-state index < -0.39 is 155 Å². The largest absolute Gasteiger partial charge is 0.480 e. The van der Waals surface area contributed by atoms with Crippen LogP contribution in [0.2, 0.25) is 157 Å². The minimum absolute atomic E-state index is 0.0180. The minimum Gasteiger partial charge on any atom is -0.465 e. The molecule has 0 spiro atoms. The number of esters is 3. The number of methoxy groups -OCH3 is 1. The number of carbonyl (C=O) groups is 3. The molecule has 42 heteroatoms. The summed E-state index contributed by atoms with van der Waals surface area (Å²) in [4.78, 5) is 35.4. The van der Waals surface area contributed by atoms with E-state index in [0.717, 1.165) is 36.3 Å². The highest BCUT2D eigenvalue weighted by Crippen LogP contribution is 2.34. The van der Waals surface area contributed by atoms with Crippen LogP contribution in [0.25, 0.3) is 4.13 Å². The van der Waals surface area contributed by atoms with E-state index in [1.807, 2.05) is 41.5 Å². The number of halogens is 3. The lowest BCUT2D eigenvalue weighted by Gasteiger charge is -2.45. The van der Waals surface area contributed by atoms with Crippen molar-refractivity contribution in [3.8, 4) is 0 Å². The lowest BCUT2D eigenvalue weighted by Crippen LogP contribution is -2.62. The maximum atomic E-state index is 12.4. The average molecular weight is 1740 g/mol. The normalized spacial score (nSPS) is 14.1. The highest BCUT2D eigenvalue weighted by molar-refractivity contribution is 8.10. The van der Waals surface area contributed by atoms with Crippen molar-refractivity contribution in [3.05, 3.63) is 40.0 Å². The van der Waals surface area contributed by atoms with Crippen LogP contribution >= 0.6 is 0 Å². The minimum atomic E-state index is -6.23. The Labute approximate surface area is 644 Å². The first-order valence-corrected chi connectivity index (χ1v) is 70.2. The van der Waals surface area contributed by atoms with E-state index in [1.54, 1.807) is 32.0 Å². The fourth-order valence-electron chi connectivity index (χ4n) is 10.2. The van der Waals surface area contributed by atoms with Crippen molar-refractivity contribution in [3.63, 3.8) is 0 Å². The van der Waals surface area contributed by atoms with Crippen molar-refractivity contribution in [1.29, 1.82) is 0 Å². The van der Waals surface area contributed by atoms with Gasteiger partial charge in [0.2, 0.25) is 10.3 Å². The molecule has 0 saturated heterocycles. The number of hydrogen-bond acceptors (Lipinski definition) is 24. The zero-order valence-corrected chi connectivity index (χ0v) is 83.6. The van der Waals surface area contributed by atoms with Gasteiger partial charge in [0.1, 0.15) is 13.2 Å². The summed E-state index contributed by atoms with van der Waals surface area (Å²) < 4.78 is 183. The van der Waals surface area contributed by atoms with Crippen molar-refractivity contribution in [1.82, 2.24) is 0 Å². The Hall–Kier alpha value is -0.934. The summed E-state index contributed by atoms with van der Waals surface area (Å²) in [5.74, 6) is -1.05. The predicted molar refractivity (Wildman–Crippen MR) is 434 cm³/mol. The number of benzene rings is 1. The lowest BCUT2D eigenvalue weighted by molar-refractivity contribution is -0.884. The van der Waals surface area contributed by atoms with Crippen LogP contribution in [0.1, 0.15) is 93.6 Å². The molecule has 105 heavy (non-hydrogen) atoms. The van der Waals surface area contributed by atoms with E-state index in [-0.39, 0.29) is 18.7 Å². The molecule has 0 aliphatic carbocycles. The van der Waals surface area contributed by atoms with Crippen molar-refractivity contribution in [2.45, 2.75) is 257 Å². The van der Waals surface area contributed by atoms with Gasteiger partial charge in [-0.15, -0.1) is 0 Å². The highest BCUT2D eigenvalue weighted by atomic mass is 32.3. The summed E-state index contributed by atoms with van der Waals surface area (Å²) in [6, 6.07) is 11.4. The Balaban J connectivity index is -0.00000166. The molecule has 1 aromatic carbocycles. The number of alkyl halides is 3. The van der Waals surface area contributed by atoms with Gasteiger partial charge in [-0.2, -0.15) is 13.2 Å². The van der Waals surface area contributed by atoms with E-state index in [9.17, 15) is 44.4 Å². The molecule has 1 rings (SSSR count). The molecule has 0 amide bonds. The van der Waals surface area contributed by atoms with Gasteiger partial charge in [0.05, 0.1) is 77.0 Å². The third-order valence-corrected chi connectivity index (χ3v) is 58.3. The van der Waals surface area contributed by atoms with Gasteiger partial charge < -0.3 is 78.2 Å². The second kappa shape index (κ2) is 44.1. The third kappa shape index (κ3) is 53.7. The highest BCUT2D eigenvalue weighted by Gasteiger charge is 2.51. The number of carbonyl (C=O) groups excluding carboxylic acids is 3. The van der Waals surface area contributed by atoms with Crippen molar-refractivity contribution < 1.29 is 123 Å². The first kappa shape index (κ1) is 108. The topological polar surface area (TPSA) is 291 Å². The Bertz CT molecular complexity index is 2960. The van der Waals surface area contributed by atoms with Gasteiger partial charge in [-0.1, -0.05) is 51.1 Å². The van der Waals surface area contributed by atoms with Gasteiger partial charge in [0, 0.05) is 12.7 Å². The second-order valence-corrected chi connectivity index (χ2v) is 78.5. The number of sulfonamides is 1. The quantitative estimate of drug-likeness (QED) is 0.0146. The summed E-state index contributed by atoms with van der Waals surface area (Å²) in [6.45, 7) is 66.7. The van der Waals surface area contributed by atoms with Crippen LogP contribution < -0.4 is 0 Å². The molecule has 0 atom stereocenters. The Morgan fingerprint density at radius 2 is 0.743 bits per heavy atom. The standard InChI is InChI=1S/C32H86O12Si11.C12H24O5.C10H16N.C9H15F3NO7S2/c1-27-32(2,3)31(33)34-29-28-30-46(7,8)36-48(11,12)38-50(15,16)40-52(19,20)42-54(23,24)44-55(25,26)43-53(21,22)41-51(17,18)39-49(13,14)37-47(9,10)35-45(4,5)6;1-5-12(2,3)11(13)17-10-16-9-8-15-7-6-14-4;1-11(2,3)9-10-7-5-4-6-8-10;1-4-8(2,3)7(14)19-5-6-20-22(17,18)13-21(15,16)9(10,11)12/h27-30H2,1-26H3;5-10H2,1-4H3;4-8H,9H2,1-3H3;4-6H2,1-3H3/q;;+1;-1. The molecule has 1 aromatic rings. The Kier molecular flexibility index (Phi) is 45.4. The molecule has 0 N–H and O–H groups in total. The maximum absolute atomic E-state index is 12.4. The first-order chi connectivity index (χ1) is 46.5. The first-order valence-electron chi connectivity index (χ1n) is 35.5. The number of quaternary nitrogens is 1. The van der Waals surface area contributed by atoms with Gasteiger partial charge in [-0.3, -0.25) is 18.6 Å². The summed E-state index contributed by atoms with van der Waals surface area (Å²) in [6.07, 6.45) is 2.69. The monoisotopic (exact) mass is 1740 g/mol. The second-order valence-electron chi connectivity index (χ2n) is 33.8. The number of rotatable bonds is 46. The van der Waals surface area contributed by atoms with Crippen LogP contribution in [0.4, 0.5) is 13.2 Å². The van der Waals surface area contributed by atoms with E-state index in [2.05, 4.69) is 211 Å². The maximum Gasteiger partial charge on any atom is 0.480 e. The van der Waals surface area contributed by atoms with Crippen molar-refractivity contribution >= 4 is 132 Å². The van der Waals surface area contributed by atoms with Crippen LogP contribution in [0.3, 0.4) is 0 Å². The van der Waals surface area contributed by atoms with E-state index in [0.29, 0.717) is 39.5 Å². The SMILES string of the molecule is CCC(C)(C)C(=O)OCCC[Si](C)(C)O[Si](C)(C)O[Si](C)(C)O[Si](C)(C)O[Si](C)(C)O[Si](C)(C)O[Si](C)(C)O[Si](C)(C)O[Si](C)(C)O[Si](C)(C)O[Si](C)(C)C.CCC(C)(C)C(=O)OCCOS(=O)(=O)[N-]S(=O)(=O)C(F)(F)F.CCC(C)(C)C(=O)OCOCCOCCOC.C[N+](C)(C)Cc1ccccc1. The molecule has 0 aliphatic heterocycles. The predicted octanol–water partition coefficient (Wildman–Crippen LogP) is 15.8. The van der Waals surface area contributed by atoms with Crippen LogP contribution in [0.5, 0.6) is 0 Å². The van der Waals surface area contributed by atoms with Gasteiger partial charge >= 0.3 is 100 Å². The molecule has 0 unspecified atom stereocenters. The van der Waals surface area contributed by atoms with Crippen LogP contribution in [0.15, 0.2) is 30.3 Å².